The number of rotatable bonds is 26. The molecule has 0 saturated heterocycles. The van der Waals surface area contributed by atoms with Crippen LogP contribution in [-0.2, 0) is 47.5 Å². The van der Waals surface area contributed by atoms with Crippen molar-refractivity contribution >= 4 is 77.7 Å². The Bertz CT molecular complexity index is 1320. The third kappa shape index (κ3) is 11.2. The van der Waals surface area contributed by atoms with Crippen molar-refractivity contribution in [2.24, 2.45) is 11.8 Å². The van der Waals surface area contributed by atoms with E-state index in [1.165, 1.54) is 22.7 Å². The Morgan fingerprint density at radius 3 is 1.12 bits per heavy atom. The predicted octanol–water partition coefficient (Wildman–Crippen LogP) is 5.03. The van der Waals surface area contributed by atoms with Crippen LogP contribution in [-0.4, -0.2) is 142 Å². The van der Waals surface area contributed by atoms with Crippen molar-refractivity contribution in [3.05, 3.63) is 52.7 Å². The molecule has 0 unspecified atom stereocenters. The highest BCUT2D eigenvalue weighted by Gasteiger charge is 2.50. The molecule has 0 atom stereocenters. The first-order chi connectivity index (χ1) is 24.3. The Morgan fingerprint density at radius 2 is 0.860 bits per heavy atom. The van der Waals surface area contributed by atoms with E-state index in [4.69, 9.17) is 37.9 Å². The van der Waals surface area contributed by atoms with Gasteiger partial charge in [0.2, 0.25) is 0 Å². The monoisotopic (exact) mass is 864 g/mol. The van der Waals surface area contributed by atoms with Crippen LogP contribution in [0.5, 0.6) is 0 Å². The van der Waals surface area contributed by atoms with E-state index in [1.54, 1.807) is 38.2 Å². The van der Waals surface area contributed by atoms with Crippen LogP contribution in [0.3, 0.4) is 0 Å². The molecule has 2 aromatic rings. The molecule has 0 N–H and O–H groups in total. The molecule has 0 radical (unpaired) electrons. The number of hydrogen-bond donors (Lipinski definition) is 0. The number of carbonyl (C=O) groups is 2. The highest BCUT2D eigenvalue weighted by molar-refractivity contribution is 9.11. The molecule has 2 aliphatic rings. The zero-order valence-electron chi connectivity index (χ0n) is 28.9. The summed E-state index contributed by atoms with van der Waals surface area (Å²) < 4.78 is 46.1. The van der Waals surface area contributed by atoms with Crippen molar-refractivity contribution in [1.82, 2.24) is 9.80 Å². The molecule has 12 nitrogen and oxygen atoms in total. The summed E-state index contributed by atoms with van der Waals surface area (Å²) in [6.45, 7) is 5.37. The Labute approximate surface area is 318 Å². The number of halogens is 2. The lowest BCUT2D eigenvalue weighted by atomic mass is 10.1. The van der Waals surface area contributed by atoms with E-state index >= 15 is 0 Å². The molecule has 0 aromatic carbocycles. The van der Waals surface area contributed by atoms with Crippen LogP contribution >= 0.6 is 54.5 Å². The van der Waals surface area contributed by atoms with Gasteiger partial charge in [-0.15, -0.1) is 22.7 Å². The SMILES string of the molecule is COCCOCC(COCCOC)CN1C(=O)C2=C(c3ccc(Br)s3)N(CC(COCCOC)COCCOC)C(=O)C2=C1c1ccc(Br)s1. The van der Waals surface area contributed by atoms with Crippen LogP contribution in [0.4, 0.5) is 0 Å². The van der Waals surface area contributed by atoms with Gasteiger partial charge >= 0.3 is 0 Å². The lowest BCUT2D eigenvalue weighted by Gasteiger charge is -2.29. The molecule has 2 amide bonds. The topological polar surface area (TPSA) is 114 Å². The largest absolute Gasteiger partial charge is 0.382 e. The fraction of sp³-hybridized carbons (Fsp3) is 0.588. The molecular weight excluding hydrogens is 820 g/mol. The van der Waals surface area contributed by atoms with Crippen molar-refractivity contribution < 1.29 is 47.5 Å². The second-order valence-electron chi connectivity index (χ2n) is 11.5. The van der Waals surface area contributed by atoms with Crippen molar-refractivity contribution in [3.63, 3.8) is 0 Å². The second-order valence-corrected chi connectivity index (χ2v) is 16.4. The summed E-state index contributed by atoms with van der Waals surface area (Å²) in [4.78, 5) is 34.6. The maximum Gasteiger partial charge on any atom is 0.261 e. The molecule has 0 spiro atoms. The Morgan fingerprint density at radius 1 is 0.540 bits per heavy atom. The fourth-order valence-corrected chi connectivity index (χ4v) is 8.43. The number of ether oxygens (including phenoxy) is 8. The number of carbonyl (C=O) groups excluding carboxylic acids is 2. The van der Waals surface area contributed by atoms with E-state index in [2.05, 4.69) is 31.9 Å². The highest BCUT2D eigenvalue weighted by atomic mass is 79.9. The summed E-state index contributed by atoms with van der Waals surface area (Å²) in [5.74, 6) is -0.847. The van der Waals surface area contributed by atoms with Crippen LogP contribution in [0, 0.1) is 11.8 Å². The fourth-order valence-electron chi connectivity index (χ4n) is 5.53. The van der Waals surface area contributed by atoms with E-state index in [9.17, 15) is 9.59 Å². The molecule has 0 saturated carbocycles. The number of hydrogen-bond acceptors (Lipinski definition) is 12. The van der Waals surface area contributed by atoms with E-state index < -0.39 is 0 Å². The summed E-state index contributed by atoms with van der Waals surface area (Å²) in [6, 6.07) is 7.73. The zero-order chi connectivity index (χ0) is 35.9. The number of amides is 2. The molecule has 2 aromatic heterocycles. The average Bonchev–Trinajstić information content (AvgIpc) is 3.86. The van der Waals surface area contributed by atoms with Gasteiger partial charge in [0.25, 0.3) is 11.8 Å². The third-order valence-corrected chi connectivity index (χ3v) is 11.1. The van der Waals surface area contributed by atoms with Gasteiger partial charge in [0, 0.05) is 53.4 Å². The van der Waals surface area contributed by atoms with Gasteiger partial charge in [0.15, 0.2) is 0 Å². The van der Waals surface area contributed by atoms with Gasteiger partial charge in [0.1, 0.15) is 0 Å². The normalized spacial score (nSPS) is 15.0. The Kier molecular flexibility index (Phi) is 18.0. The molecule has 0 bridgehead atoms. The van der Waals surface area contributed by atoms with Crippen LogP contribution in [0.25, 0.3) is 11.4 Å². The highest BCUT2D eigenvalue weighted by Crippen LogP contribution is 2.49. The van der Waals surface area contributed by atoms with Crippen LogP contribution in [0.2, 0.25) is 0 Å². The van der Waals surface area contributed by atoms with Crippen molar-refractivity contribution in [3.8, 4) is 0 Å². The van der Waals surface area contributed by atoms with Crippen molar-refractivity contribution in [2.45, 2.75) is 0 Å². The minimum absolute atomic E-state index is 0.186. The molecule has 278 valence electrons. The summed E-state index contributed by atoms with van der Waals surface area (Å²) >= 11 is 10.1. The number of methoxy groups -OCH3 is 4. The molecule has 4 heterocycles. The molecular formula is C34H46Br2N2O10S2. The maximum atomic E-state index is 14.8. The lowest BCUT2D eigenvalue weighted by molar-refractivity contribution is -0.125. The maximum absolute atomic E-state index is 14.8. The molecule has 0 aliphatic carbocycles. The van der Waals surface area contributed by atoms with E-state index in [1.807, 2.05) is 24.3 Å². The van der Waals surface area contributed by atoms with E-state index in [0.29, 0.717) is 102 Å². The number of nitrogens with zero attached hydrogens (tertiary/aromatic N) is 2. The first-order valence-electron chi connectivity index (χ1n) is 16.2. The van der Waals surface area contributed by atoms with Gasteiger partial charge in [-0.2, -0.15) is 0 Å². The summed E-state index contributed by atoms with van der Waals surface area (Å²) in [5, 5.41) is 0. The first kappa shape index (κ1) is 41.2. The van der Waals surface area contributed by atoms with Gasteiger partial charge < -0.3 is 47.7 Å². The summed E-state index contributed by atoms with van der Waals surface area (Å²) in [6.07, 6.45) is 0. The summed E-state index contributed by atoms with van der Waals surface area (Å²) in [7, 11) is 6.49. The average molecular weight is 867 g/mol. The molecule has 16 heteroatoms. The minimum atomic E-state index is -0.238. The number of thiophene rings is 2. The zero-order valence-corrected chi connectivity index (χ0v) is 33.7. The van der Waals surface area contributed by atoms with Crippen LogP contribution in [0.1, 0.15) is 9.75 Å². The van der Waals surface area contributed by atoms with Crippen molar-refractivity contribution in [2.75, 3.05) is 121 Å². The molecule has 2 aliphatic heterocycles. The van der Waals surface area contributed by atoms with Gasteiger partial charge in [0.05, 0.1) is 119 Å². The lowest BCUT2D eigenvalue weighted by Crippen LogP contribution is -2.38. The van der Waals surface area contributed by atoms with Crippen molar-refractivity contribution in [1.29, 1.82) is 0 Å². The van der Waals surface area contributed by atoms with Crippen LogP contribution < -0.4 is 0 Å². The standard InChI is InChI=1S/C34H46Br2N2O10S2/c1-41-9-13-45-19-23(20-46-14-10-42-2)17-37-31(25-5-7-27(35)49-25)29-30(33(37)39)32(26-6-8-28(36)50-26)38(34(29)40)18-24(21-47-15-11-43-3)22-48-16-12-44-4/h5-8,23-24H,9-22H2,1-4H3. The smallest absolute Gasteiger partial charge is 0.261 e. The van der Waals surface area contributed by atoms with E-state index in [0.717, 1.165) is 17.3 Å². The predicted molar refractivity (Wildman–Crippen MR) is 199 cm³/mol. The van der Waals surface area contributed by atoms with E-state index in [-0.39, 0.29) is 36.7 Å². The van der Waals surface area contributed by atoms with Gasteiger partial charge in [-0.25, -0.2) is 0 Å². The third-order valence-electron chi connectivity index (χ3n) is 7.82. The quantitative estimate of drug-likeness (QED) is 0.120. The Hall–Kier alpha value is -1.54. The molecule has 0 fully saturated rings. The minimum Gasteiger partial charge on any atom is -0.382 e. The van der Waals surface area contributed by atoms with Crippen LogP contribution in [0.15, 0.2) is 43.0 Å². The number of fused-ring (bicyclic) bond motifs is 1. The van der Waals surface area contributed by atoms with Gasteiger partial charge in [-0.05, 0) is 56.1 Å². The first-order valence-corrected chi connectivity index (χ1v) is 19.5. The van der Waals surface area contributed by atoms with Gasteiger partial charge in [-0.3, -0.25) is 9.59 Å². The van der Waals surface area contributed by atoms with Gasteiger partial charge in [-0.1, -0.05) is 0 Å². The second kappa shape index (κ2) is 21.9. The molecule has 50 heavy (non-hydrogen) atoms. The summed E-state index contributed by atoms with van der Waals surface area (Å²) in [5.41, 5.74) is 1.96. The Balaban J connectivity index is 1.74. The molecule has 4 rings (SSSR count).